The summed E-state index contributed by atoms with van der Waals surface area (Å²) in [7, 11) is 1.36. The van der Waals surface area contributed by atoms with Crippen LogP contribution in [0, 0.1) is 5.82 Å². The van der Waals surface area contributed by atoms with Gasteiger partial charge in [-0.05, 0) is 19.1 Å². The van der Waals surface area contributed by atoms with Gasteiger partial charge in [0.15, 0.2) is 0 Å². The molecule has 1 aromatic rings. The van der Waals surface area contributed by atoms with E-state index in [1.807, 2.05) is 25.7 Å². The van der Waals surface area contributed by atoms with Crippen molar-refractivity contribution in [1.29, 1.82) is 0 Å². The molecule has 1 rings (SSSR count). The maximum Gasteiger partial charge on any atom is 0.324 e. The zero-order chi connectivity index (χ0) is 15.1. The first-order valence-corrected chi connectivity index (χ1v) is 6.82. The van der Waals surface area contributed by atoms with Crippen LogP contribution in [0.5, 0.6) is 0 Å². The number of rotatable bonds is 7. The molecule has 20 heavy (non-hydrogen) atoms. The van der Waals surface area contributed by atoms with Gasteiger partial charge in [-0.3, -0.25) is 4.79 Å². The summed E-state index contributed by atoms with van der Waals surface area (Å²) in [6.45, 7) is 6.80. The van der Waals surface area contributed by atoms with E-state index in [9.17, 15) is 9.18 Å². The number of hydrogen-bond acceptors (Lipinski definition) is 4. The fourth-order valence-electron chi connectivity index (χ4n) is 2.07. The van der Waals surface area contributed by atoms with E-state index >= 15 is 0 Å². The van der Waals surface area contributed by atoms with Gasteiger partial charge >= 0.3 is 5.97 Å². The summed E-state index contributed by atoms with van der Waals surface area (Å²) in [5.74, 6) is -0.629. The van der Waals surface area contributed by atoms with Gasteiger partial charge in [0.05, 0.1) is 12.8 Å². The first-order valence-electron chi connectivity index (χ1n) is 6.82. The number of carbonyl (C=O) groups is 1. The minimum Gasteiger partial charge on any atom is -0.468 e. The summed E-state index contributed by atoms with van der Waals surface area (Å²) in [5.41, 5.74) is 0.495. The lowest BCUT2D eigenvalue weighted by Gasteiger charge is -2.29. The largest absolute Gasteiger partial charge is 0.468 e. The summed E-state index contributed by atoms with van der Waals surface area (Å²) in [6.07, 6.45) is 0. The average Bonchev–Trinajstić information content (AvgIpc) is 2.43. The minimum absolute atomic E-state index is 0.137. The number of nitrogens with one attached hydrogen (secondary N) is 1. The van der Waals surface area contributed by atoms with Crippen LogP contribution < -0.4 is 10.2 Å². The normalized spacial score (nSPS) is 12.3. The van der Waals surface area contributed by atoms with Crippen LogP contribution in [0.15, 0.2) is 24.3 Å². The quantitative estimate of drug-likeness (QED) is 0.778. The Kier molecular flexibility index (Phi) is 6.45. The van der Waals surface area contributed by atoms with E-state index in [1.165, 1.54) is 13.2 Å². The second-order valence-electron chi connectivity index (χ2n) is 4.89. The van der Waals surface area contributed by atoms with Gasteiger partial charge in [0, 0.05) is 19.1 Å². The molecular formula is C15H23FN2O2. The van der Waals surface area contributed by atoms with Gasteiger partial charge in [-0.15, -0.1) is 0 Å². The predicted molar refractivity (Wildman–Crippen MR) is 78.4 cm³/mol. The Bertz CT molecular complexity index is 438. The van der Waals surface area contributed by atoms with Gasteiger partial charge in [-0.1, -0.05) is 26.0 Å². The second-order valence-corrected chi connectivity index (χ2v) is 4.89. The fourth-order valence-corrected chi connectivity index (χ4v) is 2.07. The number of esters is 1. The Labute approximate surface area is 119 Å². The molecule has 5 heteroatoms. The Morgan fingerprint density at radius 3 is 2.55 bits per heavy atom. The Morgan fingerprint density at radius 2 is 2.05 bits per heavy atom. The highest BCUT2D eigenvalue weighted by atomic mass is 19.1. The molecule has 1 unspecified atom stereocenters. The number of methoxy groups -OCH3 is 1. The zero-order valence-electron chi connectivity index (χ0n) is 12.5. The lowest BCUT2D eigenvalue weighted by Crippen LogP contribution is -2.49. The molecule has 0 bridgehead atoms. The number of nitrogens with zero attached hydrogens (tertiary/aromatic N) is 1. The molecule has 0 fully saturated rings. The molecule has 1 N–H and O–H groups in total. The van der Waals surface area contributed by atoms with E-state index in [-0.39, 0.29) is 17.8 Å². The van der Waals surface area contributed by atoms with Crippen LogP contribution in [-0.4, -0.2) is 38.3 Å². The lowest BCUT2D eigenvalue weighted by atomic mass is 10.2. The maximum absolute atomic E-state index is 13.8. The van der Waals surface area contributed by atoms with Crippen molar-refractivity contribution in [3.05, 3.63) is 30.1 Å². The molecule has 0 amide bonds. The number of anilines is 1. The standard InChI is InChI=1S/C15H23FN2O2/c1-5-18(14-9-7-6-8-12(14)16)10-13(15(19)20-4)17-11(2)3/h6-9,11,13,17H,5,10H2,1-4H3. The van der Waals surface area contributed by atoms with Gasteiger partial charge in [0.1, 0.15) is 11.9 Å². The molecule has 0 aliphatic rings. The minimum atomic E-state index is -0.487. The molecule has 0 aromatic heterocycles. The zero-order valence-corrected chi connectivity index (χ0v) is 12.5. The van der Waals surface area contributed by atoms with Crippen molar-refractivity contribution in [2.24, 2.45) is 0 Å². The summed E-state index contributed by atoms with van der Waals surface area (Å²) >= 11 is 0. The molecule has 4 nitrogen and oxygen atoms in total. The maximum atomic E-state index is 13.8. The lowest BCUT2D eigenvalue weighted by molar-refractivity contribution is -0.143. The molecular weight excluding hydrogens is 259 g/mol. The molecule has 0 spiro atoms. The van der Waals surface area contributed by atoms with E-state index in [4.69, 9.17) is 4.74 Å². The number of halogens is 1. The van der Waals surface area contributed by atoms with Crippen LogP contribution in [0.2, 0.25) is 0 Å². The smallest absolute Gasteiger partial charge is 0.324 e. The third kappa shape index (κ3) is 4.49. The van der Waals surface area contributed by atoms with Crippen molar-refractivity contribution in [2.45, 2.75) is 32.9 Å². The van der Waals surface area contributed by atoms with Crippen molar-refractivity contribution < 1.29 is 13.9 Å². The van der Waals surface area contributed by atoms with Crippen LogP contribution in [0.4, 0.5) is 10.1 Å². The number of benzene rings is 1. The van der Waals surface area contributed by atoms with Gasteiger partial charge < -0.3 is 15.0 Å². The van der Waals surface area contributed by atoms with Gasteiger partial charge in [-0.25, -0.2) is 4.39 Å². The Balaban J connectivity index is 2.88. The number of ether oxygens (including phenoxy) is 1. The Hall–Kier alpha value is -1.62. The highest BCUT2D eigenvalue weighted by Gasteiger charge is 2.23. The van der Waals surface area contributed by atoms with Crippen LogP contribution >= 0.6 is 0 Å². The first-order chi connectivity index (χ1) is 9.49. The highest BCUT2D eigenvalue weighted by Crippen LogP contribution is 2.18. The predicted octanol–water partition coefficient (Wildman–Crippen LogP) is 2.19. The molecule has 1 atom stereocenters. The third-order valence-electron chi connectivity index (χ3n) is 3.00. The fraction of sp³-hybridized carbons (Fsp3) is 0.533. The number of para-hydroxylation sites is 1. The summed E-state index contributed by atoms with van der Waals surface area (Å²) in [4.78, 5) is 13.6. The number of likely N-dealkylation sites (N-methyl/N-ethyl adjacent to an activating group) is 1. The summed E-state index contributed by atoms with van der Waals surface area (Å²) in [6, 6.07) is 6.21. The molecule has 0 heterocycles. The molecule has 0 aliphatic heterocycles. The van der Waals surface area contributed by atoms with Crippen molar-refractivity contribution in [3.63, 3.8) is 0 Å². The summed E-state index contributed by atoms with van der Waals surface area (Å²) in [5, 5.41) is 3.15. The van der Waals surface area contributed by atoms with Crippen LogP contribution in [0.1, 0.15) is 20.8 Å². The van der Waals surface area contributed by atoms with E-state index in [0.29, 0.717) is 18.8 Å². The van der Waals surface area contributed by atoms with Crippen molar-refractivity contribution >= 4 is 11.7 Å². The van der Waals surface area contributed by atoms with E-state index in [1.54, 1.807) is 18.2 Å². The molecule has 0 radical (unpaired) electrons. The molecule has 0 saturated carbocycles. The van der Waals surface area contributed by atoms with Crippen molar-refractivity contribution in [3.8, 4) is 0 Å². The van der Waals surface area contributed by atoms with E-state index in [0.717, 1.165) is 0 Å². The summed E-state index contributed by atoms with van der Waals surface area (Å²) < 4.78 is 18.6. The van der Waals surface area contributed by atoms with Crippen molar-refractivity contribution in [1.82, 2.24) is 5.32 Å². The highest BCUT2D eigenvalue weighted by molar-refractivity contribution is 5.76. The number of carbonyl (C=O) groups excluding carboxylic acids is 1. The second kappa shape index (κ2) is 7.85. The first kappa shape index (κ1) is 16.4. The monoisotopic (exact) mass is 282 g/mol. The number of hydrogen-bond donors (Lipinski definition) is 1. The van der Waals surface area contributed by atoms with Gasteiger partial charge in [0.2, 0.25) is 0 Å². The SMILES string of the molecule is CCN(CC(NC(C)C)C(=O)OC)c1ccccc1F. The average molecular weight is 282 g/mol. The van der Waals surface area contributed by atoms with Crippen LogP contribution in [0.25, 0.3) is 0 Å². The van der Waals surface area contributed by atoms with E-state index < -0.39 is 6.04 Å². The third-order valence-corrected chi connectivity index (χ3v) is 3.00. The molecule has 0 aliphatic carbocycles. The molecule has 0 saturated heterocycles. The van der Waals surface area contributed by atoms with Crippen LogP contribution in [-0.2, 0) is 9.53 Å². The van der Waals surface area contributed by atoms with Crippen molar-refractivity contribution in [2.75, 3.05) is 25.1 Å². The molecule has 1 aromatic carbocycles. The van der Waals surface area contributed by atoms with Gasteiger partial charge in [0.25, 0.3) is 0 Å². The Morgan fingerprint density at radius 1 is 1.40 bits per heavy atom. The van der Waals surface area contributed by atoms with Crippen LogP contribution in [0.3, 0.4) is 0 Å². The topological polar surface area (TPSA) is 41.6 Å². The van der Waals surface area contributed by atoms with E-state index in [2.05, 4.69) is 5.32 Å². The van der Waals surface area contributed by atoms with Gasteiger partial charge in [-0.2, -0.15) is 0 Å². The molecule has 112 valence electrons.